The van der Waals surface area contributed by atoms with E-state index >= 15 is 0 Å². The molecule has 7 nitrogen and oxygen atoms in total. The van der Waals surface area contributed by atoms with Crippen molar-refractivity contribution < 1.29 is 28.6 Å². The van der Waals surface area contributed by atoms with Gasteiger partial charge in [0.25, 0.3) is 11.7 Å². The number of carbonyl (C=O) groups excluding carboxylic acids is 2. The molecule has 0 aliphatic carbocycles. The molecule has 1 fully saturated rings. The molecule has 2 aromatic rings. The number of aliphatic hydroxyl groups excluding tert-OH is 1. The van der Waals surface area contributed by atoms with Gasteiger partial charge in [-0.25, -0.2) is 4.39 Å². The van der Waals surface area contributed by atoms with E-state index in [2.05, 4.69) is 4.90 Å². The third-order valence-corrected chi connectivity index (χ3v) is 5.94. The summed E-state index contributed by atoms with van der Waals surface area (Å²) in [6.45, 7) is 6.46. The zero-order valence-electron chi connectivity index (χ0n) is 19.3. The summed E-state index contributed by atoms with van der Waals surface area (Å²) in [5, 5.41) is 11.1. The number of para-hydroxylation sites is 1. The minimum atomic E-state index is -0.893. The molecule has 1 saturated heterocycles. The van der Waals surface area contributed by atoms with Crippen LogP contribution < -0.4 is 9.47 Å². The van der Waals surface area contributed by atoms with Crippen molar-refractivity contribution in [3.63, 3.8) is 0 Å². The van der Waals surface area contributed by atoms with E-state index in [4.69, 9.17) is 9.47 Å². The Morgan fingerprint density at radius 3 is 2.30 bits per heavy atom. The first-order valence-corrected chi connectivity index (χ1v) is 10.8. The van der Waals surface area contributed by atoms with E-state index in [0.29, 0.717) is 23.6 Å². The maximum atomic E-state index is 13.4. The van der Waals surface area contributed by atoms with E-state index < -0.39 is 23.5 Å². The number of Topliss-reactive ketones (excluding diaryl/α,β-unsaturated/α-hetero) is 1. The molecule has 0 aromatic heterocycles. The maximum absolute atomic E-state index is 13.4. The van der Waals surface area contributed by atoms with Crippen molar-refractivity contribution in [2.24, 2.45) is 0 Å². The fourth-order valence-corrected chi connectivity index (χ4v) is 4.11. The maximum Gasteiger partial charge on any atom is 0.295 e. The lowest BCUT2D eigenvalue weighted by atomic mass is 9.94. The minimum absolute atomic E-state index is 0.0716. The molecule has 0 unspecified atom stereocenters. The molecule has 0 bridgehead atoms. The Morgan fingerprint density at radius 1 is 1.06 bits per heavy atom. The van der Waals surface area contributed by atoms with Gasteiger partial charge in [0, 0.05) is 24.2 Å². The summed E-state index contributed by atoms with van der Waals surface area (Å²) in [5.74, 6) is -1.55. The highest BCUT2D eigenvalue weighted by Crippen LogP contribution is 2.45. The molecule has 1 amide bonds. The van der Waals surface area contributed by atoms with Crippen LogP contribution in [-0.4, -0.2) is 67.0 Å². The van der Waals surface area contributed by atoms with Gasteiger partial charge in [0.2, 0.25) is 0 Å². The van der Waals surface area contributed by atoms with Gasteiger partial charge in [-0.05, 0) is 43.4 Å². The molecule has 8 heteroatoms. The number of rotatable bonds is 9. The molecule has 1 N–H and O–H groups in total. The molecule has 2 aromatic carbocycles. The summed E-state index contributed by atoms with van der Waals surface area (Å²) in [5.41, 5.74) is 0.682. The van der Waals surface area contributed by atoms with E-state index in [1.54, 1.807) is 18.2 Å². The fraction of sp³-hybridized carbons (Fsp3) is 0.360. The lowest BCUT2D eigenvalue weighted by molar-refractivity contribution is -0.140. The van der Waals surface area contributed by atoms with Crippen LogP contribution in [0.1, 0.15) is 31.0 Å². The topological polar surface area (TPSA) is 79.3 Å². The predicted octanol–water partition coefficient (Wildman–Crippen LogP) is 3.61. The Bertz CT molecular complexity index is 1050. The Labute approximate surface area is 193 Å². The molecule has 1 atom stereocenters. The average Bonchev–Trinajstić information content (AvgIpc) is 3.08. The van der Waals surface area contributed by atoms with Crippen molar-refractivity contribution in [1.82, 2.24) is 9.80 Å². The second kappa shape index (κ2) is 10.5. The molecular weight excluding hydrogens is 427 g/mol. The highest BCUT2D eigenvalue weighted by Gasteiger charge is 2.47. The number of benzene rings is 2. The number of aliphatic hydroxyl groups is 1. The van der Waals surface area contributed by atoms with E-state index in [0.717, 1.165) is 13.1 Å². The fourth-order valence-electron chi connectivity index (χ4n) is 4.11. The van der Waals surface area contributed by atoms with Crippen LogP contribution in [0.15, 0.2) is 48.0 Å². The molecule has 0 saturated carbocycles. The molecule has 1 aliphatic rings. The van der Waals surface area contributed by atoms with Crippen molar-refractivity contribution in [1.29, 1.82) is 0 Å². The van der Waals surface area contributed by atoms with E-state index in [1.807, 2.05) is 13.8 Å². The van der Waals surface area contributed by atoms with Gasteiger partial charge in [0.15, 0.2) is 11.5 Å². The van der Waals surface area contributed by atoms with Gasteiger partial charge in [-0.3, -0.25) is 9.59 Å². The molecular formula is C25H29FN2O5. The zero-order valence-corrected chi connectivity index (χ0v) is 19.3. The summed E-state index contributed by atoms with van der Waals surface area (Å²) >= 11 is 0. The second-order valence-corrected chi connectivity index (χ2v) is 7.61. The lowest BCUT2D eigenvalue weighted by Gasteiger charge is -2.29. The third-order valence-electron chi connectivity index (χ3n) is 5.94. The SMILES string of the molecule is CCN(CC)CCN1C(=O)C(=O)/C(=C(/O)c2ccc(F)cc2)[C@@H]1c1cccc(OC)c1OC. The van der Waals surface area contributed by atoms with Crippen LogP contribution in [-0.2, 0) is 9.59 Å². The van der Waals surface area contributed by atoms with Crippen molar-refractivity contribution in [2.75, 3.05) is 40.4 Å². The van der Waals surface area contributed by atoms with Gasteiger partial charge in [0.05, 0.1) is 25.8 Å². The summed E-state index contributed by atoms with van der Waals surface area (Å²) in [4.78, 5) is 29.9. The number of hydrogen-bond acceptors (Lipinski definition) is 6. The normalized spacial score (nSPS) is 17.6. The van der Waals surface area contributed by atoms with Gasteiger partial charge in [0.1, 0.15) is 11.6 Å². The van der Waals surface area contributed by atoms with Crippen LogP contribution in [0.2, 0.25) is 0 Å². The molecule has 176 valence electrons. The number of hydrogen-bond donors (Lipinski definition) is 1. The van der Waals surface area contributed by atoms with Crippen LogP contribution in [0.5, 0.6) is 11.5 Å². The second-order valence-electron chi connectivity index (χ2n) is 7.61. The Morgan fingerprint density at radius 2 is 1.73 bits per heavy atom. The van der Waals surface area contributed by atoms with E-state index in [1.165, 1.54) is 43.4 Å². The molecule has 0 radical (unpaired) electrons. The highest BCUT2D eigenvalue weighted by molar-refractivity contribution is 6.46. The van der Waals surface area contributed by atoms with Crippen molar-refractivity contribution in [3.8, 4) is 11.5 Å². The number of ketones is 1. The first-order chi connectivity index (χ1) is 15.9. The van der Waals surface area contributed by atoms with Gasteiger partial charge < -0.3 is 24.4 Å². The van der Waals surface area contributed by atoms with Crippen LogP contribution in [0, 0.1) is 5.82 Å². The summed E-state index contributed by atoms with van der Waals surface area (Å²) in [7, 11) is 2.97. The van der Waals surface area contributed by atoms with Crippen LogP contribution in [0.4, 0.5) is 4.39 Å². The summed E-state index contributed by atoms with van der Waals surface area (Å²) in [6.07, 6.45) is 0. The predicted molar refractivity (Wildman–Crippen MR) is 123 cm³/mol. The molecule has 1 heterocycles. The van der Waals surface area contributed by atoms with Crippen molar-refractivity contribution in [3.05, 3.63) is 65.0 Å². The molecule has 1 aliphatic heterocycles. The monoisotopic (exact) mass is 456 g/mol. The number of carbonyl (C=O) groups is 2. The van der Waals surface area contributed by atoms with E-state index in [9.17, 15) is 19.1 Å². The number of methoxy groups -OCH3 is 2. The van der Waals surface area contributed by atoms with Crippen LogP contribution >= 0.6 is 0 Å². The molecule has 0 spiro atoms. The Hall–Kier alpha value is -3.39. The third kappa shape index (κ3) is 4.71. The van der Waals surface area contributed by atoms with E-state index in [-0.39, 0.29) is 23.4 Å². The highest BCUT2D eigenvalue weighted by atomic mass is 19.1. The molecule has 33 heavy (non-hydrogen) atoms. The first kappa shape index (κ1) is 24.3. The minimum Gasteiger partial charge on any atom is -0.507 e. The number of likely N-dealkylation sites (tertiary alicyclic amines) is 1. The first-order valence-electron chi connectivity index (χ1n) is 10.8. The average molecular weight is 457 g/mol. The Kier molecular flexibility index (Phi) is 7.71. The van der Waals surface area contributed by atoms with Crippen LogP contribution in [0.25, 0.3) is 5.76 Å². The summed E-state index contributed by atoms with van der Waals surface area (Å²) in [6, 6.07) is 9.40. The van der Waals surface area contributed by atoms with Gasteiger partial charge in [-0.1, -0.05) is 26.0 Å². The van der Waals surface area contributed by atoms with Crippen molar-refractivity contribution >= 4 is 17.4 Å². The quantitative estimate of drug-likeness (QED) is 0.353. The molecule has 3 rings (SSSR count). The number of amides is 1. The largest absolute Gasteiger partial charge is 0.507 e. The number of halogens is 1. The number of ether oxygens (including phenoxy) is 2. The standard InChI is InChI=1S/C25H29FN2O5/c1-5-27(6-2)14-15-28-21(18-8-7-9-19(32-3)24(18)33-4)20(23(30)25(28)31)22(29)16-10-12-17(26)13-11-16/h7-13,21,29H,5-6,14-15H2,1-4H3/b22-20+/t21-/m0/s1. The lowest BCUT2D eigenvalue weighted by Crippen LogP contribution is -2.38. The Balaban J connectivity index is 2.19. The number of likely N-dealkylation sites (N-methyl/N-ethyl adjacent to an activating group) is 1. The van der Waals surface area contributed by atoms with Gasteiger partial charge in [-0.15, -0.1) is 0 Å². The van der Waals surface area contributed by atoms with Crippen molar-refractivity contribution in [2.45, 2.75) is 19.9 Å². The van der Waals surface area contributed by atoms with Crippen LogP contribution in [0.3, 0.4) is 0 Å². The van der Waals surface area contributed by atoms with Gasteiger partial charge in [-0.2, -0.15) is 0 Å². The van der Waals surface area contributed by atoms with Gasteiger partial charge >= 0.3 is 0 Å². The zero-order chi connectivity index (χ0) is 24.1. The summed E-state index contributed by atoms with van der Waals surface area (Å²) < 4.78 is 24.4. The number of nitrogens with zero attached hydrogens (tertiary/aromatic N) is 2. The smallest absolute Gasteiger partial charge is 0.295 e.